The number of rotatable bonds is 3. The molecule has 0 atom stereocenters. The second kappa shape index (κ2) is 5.14. The molecule has 1 heteroatoms. The van der Waals surface area contributed by atoms with E-state index >= 15 is 0 Å². The molecule has 0 fully saturated rings. The molecule has 0 aliphatic rings. The van der Waals surface area contributed by atoms with Gasteiger partial charge in [0, 0.05) is 5.71 Å². The predicted octanol–water partition coefficient (Wildman–Crippen LogP) is 4.35. The Labute approximate surface area is 88.4 Å². The van der Waals surface area contributed by atoms with Crippen molar-refractivity contribution >= 4 is 5.71 Å². The molecule has 0 radical (unpaired) electrons. The Morgan fingerprint density at radius 3 is 2.00 bits per heavy atom. The third kappa shape index (κ3) is 3.91. The molecule has 0 aromatic heterocycles. The summed E-state index contributed by atoms with van der Waals surface area (Å²) in [7, 11) is 0. The molecule has 0 saturated carbocycles. The summed E-state index contributed by atoms with van der Waals surface area (Å²) in [4.78, 5) is 0. The standard InChI is InChI=1S/C13H23N/c1-7-11(10(3)14)9-12(8-2)13(4,5)6/h8-9,14H,7H2,1-6H3/b11-9+,12-8+,14-10?. The lowest BCUT2D eigenvalue weighted by atomic mass is 9.84. The largest absolute Gasteiger partial charge is 0.305 e. The van der Waals surface area contributed by atoms with Gasteiger partial charge in [-0.25, -0.2) is 0 Å². The summed E-state index contributed by atoms with van der Waals surface area (Å²) in [6.45, 7) is 12.6. The van der Waals surface area contributed by atoms with E-state index in [1.807, 2.05) is 6.92 Å². The molecule has 80 valence electrons. The smallest absolute Gasteiger partial charge is 0.0314 e. The second-order valence-electron chi connectivity index (χ2n) is 4.64. The molecule has 14 heavy (non-hydrogen) atoms. The van der Waals surface area contributed by atoms with Crippen molar-refractivity contribution < 1.29 is 0 Å². The Hall–Kier alpha value is -0.850. The van der Waals surface area contributed by atoms with E-state index in [2.05, 4.69) is 46.8 Å². The molecule has 0 unspecified atom stereocenters. The first kappa shape index (κ1) is 13.2. The fourth-order valence-corrected chi connectivity index (χ4v) is 1.40. The Bertz CT molecular complexity index is 261. The van der Waals surface area contributed by atoms with E-state index < -0.39 is 0 Å². The van der Waals surface area contributed by atoms with Crippen molar-refractivity contribution in [1.82, 2.24) is 0 Å². The van der Waals surface area contributed by atoms with Gasteiger partial charge in [-0.15, -0.1) is 0 Å². The minimum absolute atomic E-state index is 0.171. The van der Waals surface area contributed by atoms with E-state index in [-0.39, 0.29) is 5.41 Å². The van der Waals surface area contributed by atoms with Crippen LogP contribution < -0.4 is 0 Å². The molecule has 0 aliphatic heterocycles. The fraction of sp³-hybridized carbons (Fsp3) is 0.615. The van der Waals surface area contributed by atoms with Gasteiger partial charge in [0.15, 0.2) is 0 Å². The summed E-state index contributed by atoms with van der Waals surface area (Å²) in [5, 5.41) is 7.63. The molecular weight excluding hydrogens is 170 g/mol. The van der Waals surface area contributed by atoms with Gasteiger partial charge in [0.1, 0.15) is 0 Å². The summed E-state index contributed by atoms with van der Waals surface area (Å²) in [5.74, 6) is 0. The van der Waals surface area contributed by atoms with Crippen molar-refractivity contribution in [3.63, 3.8) is 0 Å². The molecule has 0 bridgehead atoms. The summed E-state index contributed by atoms with van der Waals surface area (Å²) < 4.78 is 0. The number of nitrogens with one attached hydrogen (secondary N) is 1. The van der Waals surface area contributed by atoms with Crippen molar-refractivity contribution in [1.29, 1.82) is 5.41 Å². The van der Waals surface area contributed by atoms with Crippen LogP contribution in [-0.4, -0.2) is 5.71 Å². The van der Waals surface area contributed by atoms with Crippen LogP contribution in [0.25, 0.3) is 0 Å². The highest BCUT2D eigenvalue weighted by Crippen LogP contribution is 2.27. The third-order valence-corrected chi connectivity index (χ3v) is 2.37. The maximum absolute atomic E-state index is 7.63. The molecule has 0 spiro atoms. The molecule has 1 nitrogen and oxygen atoms in total. The van der Waals surface area contributed by atoms with Crippen LogP contribution in [0.4, 0.5) is 0 Å². The van der Waals surface area contributed by atoms with Crippen molar-refractivity contribution in [2.75, 3.05) is 0 Å². The summed E-state index contributed by atoms with van der Waals surface area (Å²) in [6, 6.07) is 0. The highest BCUT2D eigenvalue weighted by molar-refractivity contribution is 5.96. The molecule has 0 aliphatic carbocycles. The van der Waals surface area contributed by atoms with E-state index in [9.17, 15) is 0 Å². The summed E-state index contributed by atoms with van der Waals surface area (Å²) >= 11 is 0. The molecule has 0 aromatic carbocycles. The molecule has 0 saturated heterocycles. The van der Waals surface area contributed by atoms with Gasteiger partial charge in [0.25, 0.3) is 0 Å². The van der Waals surface area contributed by atoms with Gasteiger partial charge < -0.3 is 5.41 Å². The number of allylic oxidation sites excluding steroid dienone is 4. The molecule has 0 heterocycles. The zero-order valence-electron chi connectivity index (χ0n) is 10.4. The fourth-order valence-electron chi connectivity index (χ4n) is 1.40. The summed E-state index contributed by atoms with van der Waals surface area (Å²) in [6.07, 6.45) is 5.23. The van der Waals surface area contributed by atoms with Gasteiger partial charge in [0.2, 0.25) is 0 Å². The molecule has 0 rings (SSSR count). The first-order valence-corrected chi connectivity index (χ1v) is 5.25. The monoisotopic (exact) mass is 193 g/mol. The molecular formula is C13H23N. The quantitative estimate of drug-likeness (QED) is 0.509. The molecule has 1 N–H and O–H groups in total. The first-order valence-electron chi connectivity index (χ1n) is 5.25. The van der Waals surface area contributed by atoms with Crippen molar-refractivity contribution in [3.8, 4) is 0 Å². The van der Waals surface area contributed by atoms with Crippen LogP contribution >= 0.6 is 0 Å². The third-order valence-electron chi connectivity index (χ3n) is 2.37. The van der Waals surface area contributed by atoms with Crippen molar-refractivity contribution in [2.24, 2.45) is 5.41 Å². The van der Waals surface area contributed by atoms with Gasteiger partial charge in [-0.1, -0.05) is 39.8 Å². The minimum Gasteiger partial charge on any atom is -0.305 e. The van der Waals surface area contributed by atoms with Crippen molar-refractivity contribution in [3.05, 3.63) is 23.3 Å². The Morgan fingerprint density at radius 2 is 1.79 bits per heavy atom. The first-order chi connectivity index (χ1) is 6.32. The molecule has 0 amide bonds. The lowest BCUT2D eigenvalue weighted by Gasteiger charge is -2.21. The van der Waals surface area contributed by atoms with Crippen LogP contribution in [0.5, 0.6) is 0 Å². The van der Waals surface area contributed by atoms with Crippen LogP contribution in [0.2, 0.25) is 0 Å². The average Bonchev–Trinajstić information content (AvgIpc) is 2.03. The van der Waals surface area contributed by atoms with Gasteiger partial charge >= 0.3 is 0 Å². The normalized spacial score (nSPS) is 14.4. The van der Waals surface area contributed by atoms with Crippen LogP contribution in [0, 0.1) is 10.8 Å². The van der Waals surface area contributed by atoms with Gasteiger partial charge in [-0.05, 0) is 36.8 Å². The second-order valence-corrected chi connectivity index (χ2v) is 4.64. The predicted molar refractivity (Wildman–Crippen MR) is 65.0 cm³/mol. The van der Waals surface area contributed by atoms with E-state index in [0.29, 0.717) is 5.71 Å². The Morgan fingerprint density at radius 1 is 1.29 bits per heavy atom. The van der Waals surface area contributed by atoms with E-state index in [4.69, 9.17) is 5.41 Å². The Balaban J connectivity index is 5.02. The lowest BCUT2D eigenvalue weighted by molar-refractivity contribution is 0.515. The molecule has 0 aromatic rings. The number of hydrogen-bond donors (Lipinski definition) is 1. The summed E-state index contributed by atoms with van der Waals surface area (Å²) in [5.41, 5.74) is 3.29. The van der Waals surface area contributed by atoms with Gasteiger partial charge in [0.05, 0.1) is 0 Å². The van der Waals surface area contributed by atoms with Crippen LogP contribution in [0.3, 0.4) is 0 Å². The van der Waals surface area contributed by atoms with Gasteiger partial charge in [-0.3, -0.25) is 0 Å². The topological polar surface area (TPSA) is 23.9 Å². The van der Waals surface area contributed by atoms with Crippen molar-refractivity contribution in [2.45, 2.75) is 48.0 Å². The highest BCUT2D eigenvalue weighted by Gasteiger charge is 2.14. The SMILES string of the molecule is C/C=C(\C=C(/CC)C(C)=N)C(C)(C)C. The van der Waals surface area contributed by atoms with E-state index in [0.717, 1.165) is 12.0 Å². The van der Waals surface area contributed by atoms with E-state index in [1.165, 1.54) is 5.57 Å². The average molecular weight is 193 g/mol. The minimum atomic E-state index is 0.171. The van der Waals surface area contributed by atoms with Crippen LogP contribution in [0.15, 0.2) is 23.3 Å². The maximum atomic E-state index is 7.63. The maximum Gasteiger partial charge on any atom is 0.0314 e. The zero-order valence-corrected chi connectivity index (χ0v) is 10.4. The Kier molecular flexibility index (Phi) is 4.82. The van der Waals surface area contributed by atoms with Crippen LogP contribution in [-0.2, 0) is 0 Å². The zero-order chi connectivity index (χ0) is 11.4. The lowest BCUT2D eigenvalue weighted by Crippen LogP contribution is -2.09. The van der Waals surface area contributed by atoms with Crippen LogP contribution in [0.1, 0.15) is 48.0 Å². The van der Waals surface area contributed by atoms with Gasteiger partial charge in [-0.2, -0.15) is 0 Å². The highest BCUT2D eigenvalue weighted by atomic mass is 14.4. The van der Waals surface area contributed by atoms with E-state index in [1.54, 1.807) is 0 Å². The number of hydrogen-bond acceptors (Lipinski definition) is 1.